The molecule has 0 aromatic heterocycles. The van der Waals surface area contributed by atoms with Crippen LogP contribution >= 0.6 is 15.9 Å². The zero-order valence-electron chi connectivity index (χ0n) is 13.5. The zero-order valence-corrected chi connectivity index (χ0v) is 15.1. The minimum Gasteiger partial charge on any atom is -0.457 e. The van der Waals surface area contributed by atoms with Crippen LogP contribution in [0.25, 0.3) is 0 Å². The first-order chi connectivity index (χ1) is 11.2. The smallest absolute Gasteiger partial charge is 0.171 e. The molecule has 2 rings (SSSR count). The summed E-state index contributed by atoms with van der Waals surface area (Å²) in [6.07, 6.45) is 3.41. The van der Waals surface area contributed by atoms with Gasteiger partial charge in [0.05, 0.1) is 0 Å². The number of hydrogen-bond acceptors (Lipinski definition) is 4. The van der Waals surface area contributed by atoms with Crippen molar-refractivity contribution in [1.82, 2.24) is 5.48 Å². The van der Waals surface area contributed by atoms with Crippen molar-refractivity contribution in [3.05, 3.63) is 52.5 Å². The Morgan fingerprint density at radius 3 is 2.65 bits per heavy atom. The number of hydroxylamine groups is 1. The van der Waals surface area contributed by atoms with E-state index in [9.17, 15) is 0 Å². The van der Waals surface area contributed by atoms with Crippen molar-refractivity contribution in [3.63, 3.8) is 0 Å². The third kappa shape index (κ3) is 5.86. The fourth-order valence-corrected chi connectivity index (χ4v) is 2.33. The molecule has 0 bridgehead atoms. The molecule has 0 fully saturated rings. The third-order valence-electron chi connectivity index (χ3n) is 3.33. The average molecular weight is 380 g/mol. The first kappa shape index (κ1) is 17.8. The number of unbranched alkanes of at least 4 members (excludes halogenated alkanes) is 2. The second-order valence-electron chi connectivity index (χ2n) is 5.21. The number of benzene rings is 2. The maximum atomic E-state index is 5.90. The number of hydrogen-bond donors (Lipinski definition) is 1. The van der Waals surface area contributed by atoms with E-state index in [1.807, 2.05) is 43.3 Å². The summed E-state index contributed by atoms with van der Waals surface area (Å²) >= 11 is 3.50. The molecule has 5 heteroatoms. The second kappa shape index (κ2) is 9.55. The van der Waals surface area contributed by atoms with Gasteiger partial charge in [-0.15, -0.1) is 0 Å². The molecular formula is C18H22BrNO3. The normalized spacial score (nSPS) is 10.6. The molecule has 0 amide bonds. The summed E-state index contributed by atoms with van der Waals surface area (Å²) in [6, 6.07) is 13.2. The lowest BCUT2D eigenvalue weighted by molar-refractivity contribution is -0.257. The van der Waals surface area contributed by atoms with Crippen LogP contribution in [0.4, 0.5) is 0 Å². The highest BCUT2D eigenvalue weighted by molar-refractivity contribution is 9.10. The molecule has 1 N–H and O–H groups in total. The van der Waals surface area contributed by atoms with E-state index in [1.54, 1.807) is 6.07 Å². The van der Waals surface area contributed by atoms with Gasteiger partial charge in [0, 0.05) is 22.6 Å². The van der Waals surface area contributed by atoms with E-state index < -0.39 is 0 Å². The van der Waals surface area contributed by atoms with E-state index in [4.69, 9.17) is 14.6 Å². The predicted molar refractivity (Wildman–Crippen MR) is 94.6 cm³/mol. The van der Waals surface area contributed by atoms with Gasteiger partial charge in [-0.05, 0) is 37.6 Å². The van der Waals surface area contributed by atoms with Crippen LogP contribution in [0, 0.1) is 6.92 Å². The van der Waals surface area contributed by atoms with Gasteiger partial charge in [-0.2, -0.15) is 5.48 Å². The molecule has 0 radical (unpaired) electrons. The Bertz CT molecular complexity index is 619. The predicted octanol–water partition coefficient (Wildman–Crippen LogP) is 5.56. The largest absolute Gasteiger partial charge is 0.457 e. The number of halogens is 1. The van der Waals surface area contributed by atoms with Crippen molar-refractivity contribution in [1.29, 1.82) is 0 Å². The lowest BCUT2D eigenvalue weighted by Gasteiger charge is -2.11. The zero-order chi connectivity index (χ0) is 16.5. The van der Waals surface area contributed by atoms with Crippen molar-refractivity contribution in [2.75, 3.05) is 6.54 Å². The molecule has 4 nitrogen and oxygen atoms in total. The number of ether oxygens (including phenoxy) is 1. The highest BCUT2D eigenvalue weighted by Gasteiger charge is 2.05. The molecule has 0 aliphatic heterocycles. The summed E-state index contributed by atoms with van der Waals surface area (Å²) in [5, 5.41) is 0. The average Bonchev–Trinajstić information content (AvgIpc) is 2.55. The Morgan fingerprint density at radius 1 is 1.04 bits per heavy atom. The Kier molecular flexibility index (Phi) is 7.39. The van der Waals surface area contributed by atoms with Gasteiger partial charge in [0.1, 0.15) is 11.5 Å². The summed E-state index contributed by atoms with van der Waals surface area (Å²) in [5.74, 6) is 2.08. The lowest BCUT2D eigenvalue weighted by atomic mass is 10.2. The Balaban J connectivity index is 1.88. The quantitative estimate of drug-likeness (QED) is 0.352. The molecule has 0 unspecified atom stereocenters. The maximum absolute atomic E-state index is 5.90. The first-order valence-corrected chi connectivity index (χ1v) is 8.59. The van der Waals surface area contributed by atoms with Crippen molar-refractivity contribution >= 4 is 15.9 Å². The summed E-state index contributed by atoms with van der Waals surface area (Å²) < 4.78 is 6.92. The molecule has 0 aliphatic carbocycles. The van der Waals surface area contributed by atoms with Gasteiger partial charge in [-0.25, -0.2) is 0 Å². The lowest BCUT2D eigenvalue weighted by Crippen LogP contribution is -2.18. The maximum Gasteiger partial charge on any atom is 0.171 e. The van der Waals surface area contributed by atoms with E-state index in [2.05, 4.69) is 28.3 Å². The Morgan fingerprint density at radius 2 is 1.83 bits per heavy atom. The molecule has 0 atom stereocenters. The van der Waals surface area contributed by atoms with Gasteiger partial charge >= 0.3 is 0 Å². The Labute approximate surface area is 145 Å². The molecule has 0 aliphatic rings. The van der Waals surface area contributed by atoms with Crippen LogP contribution < -0.4 is 15.1 Å². The molecule has 0 saturated carbocycles. The minimum atomic E-state index is 0.582. The highest BCUT2D eigenvalue weighted by Crippen LogP contribution is 2.31. The van der Waals surface area contributed by atoms with Crippen LogP contribution in [0.3, 0.4) is 0 Å². The van der Waals surface area contributed by atoms with Gasteiger partial charge < -0.3 is 9.62 Å². The molecule has 2 aromatic carbocycles. The van der Waals surface area contributed by atoms with Gasteiger partial charge in [0.2, 0.25) is 0 Å². The van der Waals surface area contributed by atoms with Crippen LogP contribution in [-0.2, 0) is 4.99 Å². The van der Waals surface area contributed by atoms with Gasteiger partial charge in [-0.3, -0.25) is 0 Å². The van der Waals surface area contributed by atoms with Gasteiger partial charge in [0.15, 0.2) is 5.75 Å². The highest BCUT2D eigenvalue weighted by atomic mass is 79.9. The van der Waals surface area contributed by atoms with Crippen molar-refractivity contribution < 1.29 is 14.6 Å². The van der Waals surface area contributed by atoms with Crippen LogP contribution in [0.5, 0.6) is 17.2 Å². The summed E-state index contributed by atoms with van der Waals surface area (Å²) in [4.78, 5) is 10.2. The van der Waals surface area contributed by atoms with Crippen LogP contribution in [0.2, 0.25) is 0 Å². The summed E-state index contributed by atoms with van der Waals surface area (Å²) in [5.41, 5.74) is 3.83. The van der Waals surface area contributed by atoms with Crippen molar-refractivity contribution in [2.24, 2.45) is 0 Å². The second-order valence-corrected chi connectivity index (χ2v) is 6.06. The molecule has 0 heterocycles. The van der Waals surface area contributed by atoms with Crippen LogP contribution in [0.1, 0.15) is 31.7 Å². The number of nitrogens with one attached hydrogen (secondary N) is 1. The van der Waals surface area contributed by atoms with E-state index in [-0.39, 0.29) is 0 Å². The third-order valence-corrected chi connectivity index (χ3v) is 4.19. The minimum absolute atomic E-state index is 0.582. The van der Waals surface area contributed by atoms with E-state index in [0.29, 0.717) is 11.5 Å². The molecule has 0 saturated heterocycles. The molecule has 0 spiro atoms. The van der Waals surface area contributed by atoms with E-state index in [1.165, 1.54) is 12.8 Å². The van der Waals surface area contributed by atoms with Crippen molar-refractivity contribution in [2.45, 2.75) is 33.1 Å². The van der Waals surface area contributed by atoms with E-state index in [0.717, 1.165) is 28.8 Å². The van der Waals surface area contributed by atoms with Crippen LogP contribution in [0.15, 0.2) is 46.9 Å². The van der Waals surface area contributed by atoms with Gasteiger partial charge in [-0.1, -0.05) is 52.8 Å². The molecule has 2 aromatic rings. The standard InChI is InChI=1S/C18H22BrNO3/c1-3-4-5-12-20-23-22-16-9-6-8-15(13-16)21-18-11-7-10-17(19)14(18)2/h6-11,13,20H,3-5,12H2,1-2H3. The topological polar surface area (TPSA) is 39.7 Å². The fourth-order valence-electron chi connectivity index (χ4n) is 1.98. The van der Waals surface area contributed by atoms with Crippen molar-refractivity contribution in [3.8, 4) is 17.2 Å². The van der Waals surface area contributed by atoms with Gasteiger partial charge in [0.25, 0.3) is 0 Å². The summed E-state index contributed by atoms with van der Waals surface area (Å²) in [7, 11) is 0. The monoisotopic (exact) mass is 379 g/mol. The Hall–Kier alpha value is -1.56. The molecule has 124 valence electrons. The fraction of sp³-hybridized carbons (Fsp3) is 0.333. The molecular weight excluding hydrogens is 358 g/mol. The molecule has 23 heavy (non-hydrogen) atoms. The number of rotatable bonds is 9. The summed E-state index contributed by atoms with van der Waals surface area (Å²) in [6.45, 7) is 4.93. The van der Waals surface area contributed by atoms with E-state index >= 15 is 0 Å². The SMILES string of the molecule is CCCCCNOOc1cccc(Oc2cccc(Br)c2C)c1. The first-order valence-electron chi connectivity index (χ1n) is 7.80. The van der Waals surface area contributed by atoms with Crippen LogP contribution in [-0.4, -0.2) is 6.54 Å².